The molecule has 0 aromatic heterocycles. The van der Waals surface area contributed by atoms with Crippen LogP contribution in [-0.4, -0.2) is 12.1 Å². The molecule has 3 aliphatic heterocycles. The van der Waals surface area contributed by atoms with Gasteiger partial charge in [-0.15, -0.1) is 0 Å². The van der Waals surface area contributed by atoms with Crippen LogP contribution in [0.15, 0.2) is 225 Å². The van der Waals surface area contributed by atoms with Gasteiger partial charge in [-0.25, -0.2) is 0 Å². The van der Waals surface area contributed by atoms with Crippen LogP contribution in [-0.2, 0) is 27.1 Å². The zero-order chi connectivity index (χ0) is 57.4. The Morgan fingerprint density at radius 2 is 0.631 bits per heavy atom. The fraction of sp³-hybridized carbons (Fsp3) is 0.235. The molecule has 4 aliphatic carbocycles. The number of anilines is 7. The summed E-state index contributed by atoms with van der Waals surface area (Å²) in [5, 5.41) is 0. The third kappa shape index (κ3) is 7.05. The molecule has 0 fully saturated rings. The van der Waals surface area contributed by atoms with Crippen molar-refractivity contribution in [2.45, 2.75) is 121 Å². The van der Waals surface area contributed by atoms with Crippen LogP contribution in [0, 0.1) is 0 Å². The molecule has 0 radical (unpaired) electrons. The Balaban J connectivity index is 0.810. The zero-order valence-corrected chi connectivity index (χ0v) is 50.3. The van der Waals surface area contributed by atoms with Crippen molar-refractivity contribution in [3.8, 4) is 44.5 Å². The van der Waals surface area contributed by atoms with Gasteiger partial charge in [0, 0.05) is 49.8 Å². The van der Waals surface area contributed by atoms with Gasteiger partial charge < -0.3 is 14.7 Å². The summed E-state index contributed by atoms with van der Waals surface area (Å²) < 4.78 is 0. The Hall–Kier alpha value is -8.66. The summed E-state index contributed by atoms with van der Waals surface area (Å²) in [5.74, 6) is 0. The highest BCUT2D eigenvalue weighted by molar-refractivity contribution is 6.01. The Morgan fingerprint density at radius 1 is 0.298 bits per heavy atom. The van der Waals surface area contributed by atoms with Crippen molar-refractivity contribution in [2.75, 3.05) is 14.7 Å². The molecular formula is C81H73N3. The van der Waals surface area contributed by atoms with Crippen molar-refractivity contribution in [1.29, 1.82) is 0 Å². The van der Waals surface area contributed by atoms with Gasteiger partial charge in [0.05, 0.1) is 29.1 Å². The van der Waals surface area contributed by atoms with Crippen LogP contribution in [0.5, 0.6) is 0 Å². The number of para-hydroxylation sites is 3. The van der Waals surface area contributed by atoms with E-state index in [-0.39, 0.29) is 39.2 Å². The first-order valence-electron chi connectivity index (χ1n) is 30.7. The molecule has 412 valence electrons. The van der Waals surface area contributed by atoms with Gasteiger partial charge in [-0.2, -0.15) is 0 Å². The van der Waals surface area contributed by atoms with Crippen LogP contribution in [0.2, 0.25) is 0 Å². The maximum absolute atomic E-state index is 2.73. The van der Waals surface area contributed by atoms with E-state index in [2.05, 4.69) is 308 Å². The van der Waals surface area contributed by atoms with Crippen LogP contribution in [0.3, 0.4) is 0 Å². The smallest absolute Gasteiger partial charge is 0.0559 e. The molecule has 0 saturated heterocycles. The minimum atomic E-state index is -0.334. The first-order valence-corrected chi connectivity index (χ1v) is 30.7. The van der Waals surface area contributed by atoms with Gasteiger partial charge in [0.2, 0.25) is 0 Å². The van der Waals surface area contributed by atoms with Crippen LogP contribution in [0.25, 0.3) is 44.5 Å². The van der Waals surface area contributed by atoms with Crippen molar-refractivity contribution in [2.24, 2.45) is 0 Å². The summed E-state index contributed by atoms with van der Waals surface area (Å²) in [6.07, 6.45) is 20.0. The lowest BCUT2D eigenvalue weighted by Crippen LogP contribution is -2.43. The molecule has 0 bridgehead atoms. The monoisotopic (exact) mass is 1090 g/mol. The summed E-state index contributed by atoms with van der Waals surface area (Å²) in [5.41, 5.74) is 32.2. The van der Waals surface area contributed by atoms with E-state index in [4.69, 9.17) is 0 Å². The lowest BCUT2D eigenvalue weighted by molar-refractivity contribution is 0.567. The second-order valence-corrected chi connectivity index (χ2v) is 27.6. The van der Waals surface area contributed by atoms with Gasteiger partial charge in [0.15, 0.2) is 0 Å². The highest BCUT2D eigenvalue weighted by Gasteiger charge is 2.52. The van der Waals surface area contributed by atoms with Crippen LogP contribution < -0.4 is 14.7 Å². The van der Waals surface area contributed by atoms with E-state index in [1.165, 1.54) is 140 Å². The predicted octanol–water partition coefficient (Wildman–Crippen LogP) is 21.1. The lowest BCUT2D eigenvalue weighted by Gasteiger charge is -2.55. The van der Waals surface area contributed by atoms with E-state index < -0.39 is 0 Å². The number of benzene rings is 9. The number of nitrogens with zero attached hydrogens (tertiary/aromatic N) is 3. The van der Waals surface area contributed by atoms with E-state index in [0.29, 0.717) is 0 Å². The van der Waals surface area contributed by atoms with Gasteiger partial charge in [0.1, 0.15) is 0 Å². The maximum Gasteiger partial charge on any atom is 0.0559 e. The molecule has 16 rings (SSSR count). The first kappa shape index (κ1) is 51.0. The van der Waals surface area contributed by atoms with E-state index in [1.54, 1.807) is 0 Å². The van der Waals surface area contributed by atoms with Crippen molar-refractivity contribution in [3.05, 3.63) is 280 Å². The zero-order valence-electron chi connectivity index (χ0n) is 50.3. The van der Waals surface area contributed by atoms with Gasteiger partial charge in [-0.1, -0.05) is 209 Å². The van der Waals surface area contributed by atoms with Crippen molar-refractivity contribution in [3.63, 3.8) is 0 Å². The molecule has 0 N–H and O–H groups in total. The number of hydrogen-bond acceptors (Lipinski definition) is 3. The maximum atomic E-state index is 2.73. The number of rotatable bonds is 8. The molecule has 9 aromatic rings. The van der Waals surface area contributed by atoms with E-state index in [0.717, 1.165) is 12.8 Å². The second-order valence-electron chi connectivity index (χ2n) is 27.6. The second kappa shape index (κ2) is 17.7. The lowest BCUT2D eigenvalue weighted by atomic mass is 9.60. The number of hydrogen-bond donors (Lipinski definition) is 0. The number of allylic oxidation sites excluding steroid dienone is 4. The molecule has 3 nitrogen and oxygen atoms in total. The normalized spacial score (nSPS) is 19.7. The van der Waals surface area contributed by atoms with Crippen molar-refractivity contribution >= 4 is 39.8 Å². The van der Waals surface area contributed by atoms with Gasteiger partial charge in [-0.3, -0.25) is 0 Å². The SMILES string of the molecule is CC1(C)c2cc(-c3cc4c5c(c3)C(C)(C)c3cc(-c6ccc7c(c6)C(C)(C)c6cc(N(c8ccccc8)C8C=CC=CC8)ccc6-7)cc6c3N5c3c(cccc3C6(C)C)C4(C)C)ccc2-c2ccc(N(c3ccccc3)C3C=CC=CC3)cc21. The fourth-order valence-corrected chi connectivity index (χ4v) is 16.4. The molecule has 3 heterocycles. The topological polar surface area (TPSA) is 9.72 Å². The van der Waals surface area contributed by atoms with E-state index in [9.17, 15) is 0 Å². The largest absolute Gasteiger partial charge is 0.334 e. The molecule has 2 atom stereocenters. The quantitative estimate of drug-likeness (QED) is 0.150. The van der Waals surface area contributed by atoms with Crippen LogP contribution >= 0.6 is 0 Å². The average Bonchev–Trinajstić information content (AvgIpc) is 0.909. The highest BCUT2D eigenvalue weighted by Crippen LogP contribution is 2.67. The Kier molecular flexibility index (Phi) is 10.7. The van der Waals surface area contributed by atoms with Gasteiger partial charge in [0.25, 0.3) is 0 Å². The summed E-state index contributed by atoms with van der Waals surface area (Å²) in [6.45, 7) is 24.7. The molecular weight excluding hydrogens is 1010 g/mol. The minimum Gasteiger partial charge on any atom is -0.334 e. The molecule has 7 aliphatic rings. The molecule has 0 spiro atoms. The Bertz CT molecular complexity index is 4140. The molecule has 9 aromatic carbocycles. The van der Waals surface area contributed by atoms with Crippen molar-refractivity contribution in [1.82, 2.24) is 0 Å². The Morgan fingerprint density at radius 3 is 1.01 bits per heavy atom. The average molecular weight is 1090 g/mol. The minimum absolute atomic E-state index is 0.212. The summed E-state index contributed by atoms with van der Waals surface area (Å²) in [7, 11) is 0. The molecule has 2 unspecified atom stereocenters. The standard InChI is InChI=1S/C81H73N3/c1-77(2)64-32-23-33-65-74(64)84-75-70(77)44-52(50-34-38-60-62-40-36-58(48-68(62)79(5,6)66(60)42-50)82(54-24-15-11-16-25-54)55-26-17-12-18-27-55)46-72(75)81(9,10)73-47-53(45-71(76(73)84)78(65,3)4)51-35-39-61-63-41-37-59(49-69(63)80(7,8)67(61)43-51)83(56-28-19-13-20-29-56)57-30-21-14-22-31-57/h11-26,28-30,32-49,55,57H,27,31H2,1-10H3. The van der Waals surface area contributed by atoms with Crippen molar-refractivity contribution < 1.29 is 0 Å². The number of fused-ring (bicyclic) bond motifs is 6. The Labute approximate surface area is 497 Å². The third-order valence-electron chi connectivity index (χ3n) is 21.2. The van der Waals surface area contributed by atoms with Gasteiger partial charge >= 0.3 is 0 Å². The van der Waals surface area contributed by atoms with Crippen LogP contribution in [0.4, 0.5) is 39.8 Å². The predicted molar refractivity (Wildman–Crippen MR) is 354 cm³/mol. The molecule has 84 heavy (non-hydrogen) atoms. The molecule has 0 saturated carbocycles. The highest BCUT2D eigenvalue weighted by atomic mass is 15.2. The van der Waals surface area contributed by atoms with Gasteiger partial charge in [-0.05, 0) is 198 Å². The summed E-state index contributed by atoms with van der Waals surface area (Å²) in [6, 6.07) is 69.0. The summed E-state index contributed by atoms with van der Waals surface area (Å²) in [4.78, 5) is 7.78. The fourth-order valence-electron chi connectivity index (χ4n) is 16.4. The third-order valence-corrected chi connectivity index (χ3v) is 21.2. The van der Waals surface area contributed by atoms with E-state index in [1.807, 2.05) is 0 Å². The first-order chi connectivity index (χ1) is 40.4. The molecule has 3 heteroatoms. The van der Waals surface area contributed by atoms with E-state index >= 15 is 0 Å². The molecule has 0 amide bonds. The van der Waals surface area contributed by atoms with Crippen LogP contribution in [0.1, 0.15) is 138 Å². The summed E-state index contributed by atoms with van der Waals surface area (Å²) >= 11 is 0.